The van der Waals surface area contributed by atoms with Crippen LogP contribution in [0.4, 0.5) is 5.82 Å². The van der Waals surface area contributed by atoms with Crippen LogP contribution < -0.4 is 10.2 Å². The monoisotopic (exact) mass is 314 g/mol. The quantitative estimate of drug-likeness (QED) is 0.935. The molecule has 1 aliphatic heterocycles. The number of hydrogen-bond acceptors (Lipinski definition) is 5. The summed E-state index contributed by atoms with van der Waals surface area (Å²) in [6, 6.07) is 13.4. The van der Waals surface area contributed by atoms with Crippen molar-refractivity contribution in [2.24, 2.45) is 0 Å². The third kappa shape index (κ3) is 3.76. The standard InChI is InChI=1S/C16H18N4OS/c21-16(17-12-13-4-2-1-3-5-13)14-6-7-15(19-18-14)20-8-10-22-11-9-20/h1-7H,8-12H2,(H,17,21). The van der Waals surface area contributed by atoms with Crippen LogP contribution in [0.25, 0.3) is 0 Å². The van der Waals surface area contributed by atoms with Crippen LogP contribution in [0.15, 0.2) is 42.5 Å². The van der Waals surface area contributed by atoms with Crippen molar-refractivity contribution in [3.05, 3.63) is 53.7 Å². The normalized spacial score (nSPS) is 14.6. The number of amides is 1. The van der Waals surface area contributed by atoms with Gasteiger partial charge in [0, 0.05) is 31.1 Å². The maximum absolute atomic E-state index is 12.1. The summed E-state index contributed by atoms with van der Waals surface area (Å²) in [5, 5.41) is 11.1. The van der Waals surface area contributed by atoms with Gasteiger partial charge in [0.2, 0.25) is 0 Å². The third-order valence-corrected chi connectivity index (χ3v) is 4.46. The third-order valence-electron chi connectivity index (χ3n) is 3.51. The number of anilines is 1. The second kappa shape index (κ2) is 7.26. The summed E-state index contributed by atoms with van der Waals surface area (Å²) in [5.74, 6) is 2.87. The summed E-state index contributed by atoms with van der Waals surface area (Å²) < 4.78 is 0. The van der Waals surface area contributed by atoms with Crippen molar-refractivity contribution in [3.8, 4) is 0 Å². The van der Waals surface area contributed by atoms with E-state index in [2.05, 4.69) is 20.4 Å². The number of nitrogens with one attached hydrogen (secondary N) is 1. The number of thioether (sulfide) groups is 1. The van der Waals surface area contributed by atoms with Crippen LogP contribution in [0.1, 0.15) is 16.1 Å². The van der Waals surface area contributed by atoms with Gasteiger partial charge in [0.1, 0.15) is 0 Å². The Morgan fingerprint density at radius 3 is 2.55 bits per heavy atom. The molecule has 0 atom stereocenters. The predicted molar refractivity (Wildman–Crippen MR) is 89.2 cm³/mol. The Kier molecular flexibility index (Phi) is 4.90. The summed E-state index contributed by atoms with van der Waals surface area (Å²) >= 11 is 1.95. The van der Waals surface area contributed by atoms with E-state index in [1.807, 2.05) is 48.2 Å². The molecule has 0 bridgehead atoms. The molecule has 114 valence electrons. The summed E-state index contributed by atoms with van der Waals surface area (Å²) in [7, 11) is 0. The maximum atomic E-state index is 12.1. The molecule has 0 spiro atoms. The fourth-order valence-corrected chi connectivity index (χ4v) is 3.18. The second-order valence-corrected chi connectivity index (χ2v) is 6.27. The van der Waals surface area contributed by atoms with Gasteiger partial charge in [-0.15, -0.1) is 10.2 Å². The van der Waals surface area contributed by atoms with Gasteiger partial charge in [-0.25, -0.2) is 0 Å². The average molecular weight is 314 g/mol. The number of nitrogens with zero attached hydrogens (tertiary/aromatic N) is 3. The molecule has 1 amide bonds. The first-order valence-corrected chi connectivity index (χ1v) is 8.47. The molecule has 2 aromatic rings. The lowest BCUT2D eigenvalue weighted by Gasteiger charge is -2.26. The van der Waals surface area contributed by atoms with Crippen molar-refractivity contribution in [2.45, 2.75) is 6.54 Å². The smallest absolute Gasteiger partial charge is 0.272 e. The molecule has 1 fully saturated rings. The zero-order valence-corrected chi connectivity index (χ0v) is 13.1. The Hall–Kier alpha value is -2.08. The van der Waals surface area contributed by atoms with Crippen molar-refractivity contribution in [2.75, 3.05) is 29.5 Å². The van der Waals surface area contributed by atoms with Gasteiger partial charge in [-0.05, 0) is 17.7 Å². The molecule has 1 aliphatic rings. The molecule has 5 nitrogen and oxygen atoms in total. The molecule has 1 saturated heterocycles. The number of carbonyl (C=O) groups is 1. The molecule has 0 aliphatic carbocycles. The van der Waals surface area contributed by atoms with E-state index in [1.165, 1.54) is 0 Å². The lowest BCUT2D eigenvalue weighted by Crippen LogP contribution is -2.33. The zero-order chi connectivity index (χ0) is 15.2. The molecule has 1 N–H and O–H groups in total. The van der Waals surface area contributed by atoms with Gasteiger partial charge in [-0.1, -0.05) is 30.3 Å². The Morgan fingerprint density at radius 2 is 1.86 bits per heavy atom. The number of aromatic nitrogens is 2. The number of hydrogen-bond donors (Lipinski definition) is 1. The number of benzene rings is 1. The molecule has 1 aromatic carbocycles. The largest absolute Gasteiger partial charge is 0.353 e. The molecule has 1 aromatic heterocycles. The van der Waals surface area contributed by atoms with E-state index in [9.17, 15) is 4.79 Å². The van der Waals surface area contributed by atoms with Crippen LogP contribution in [-0.4, -0.2) is 40.7 Å². The zero-order valence-electron chi connectivity index (χ0n) is 12.2. The van der Waals surface area contributed by atoms with Crippen LogP contribution in [0.2, 0.25) is 0 Å². The molecule has 22 heavy (non-hydrogen) atoms. The van der Waals surface area contributed by atoms with E-state index >= 15 is 0 Å². The summed E-state index contributed by atoms with van der Waals surface area (Å²) in [5.41, 5.74) is 1.41. The molecule has 0 saturated carbocycles. The van der Waals surface area contributed by atoms with Crippen LogP contribution in [0, 0.1) is 0 Å². The van der Waals surface area contributed by atoms with Gasteiger partial charge < -0.3 is 10.2 Å². The Balaban J connectivity index is 1.58. The lowest BCUT2D eigenvalue weighted by molar-refractivity contribution is 0.0945. The fourth-order valence-electron chi connectivity index (χ4n) is 2.28. The highest BCUT2D eigenvalue weighted by molar-refractivity contribution is 7.99. The SMILES string of the molecule is O=C(NCc1ccccc1)c1ccc(N2CCSCC2)nn1. The average Bonchev–Trinajstić information content (AvgIpc) is 2.61. The topological polar surface area (TPSA) is 58.1 Å². The first kappa shape index (κ1) is 14.8. The summed E-state index contributed by atoms with van der Waals surface area (Å²) in [4.78, 5) is 14.3. The number of carbonyl (C=O) groups excluding carboxylic acids is 1. The van der Waals surface area contributed by atoms with Gasteiger partial charge in [-0.2, -0.15) is 11.8 Å². The van der Waals surface area contributed by atoms with Crippen molar-refractivity contribution >= 4 is 23.5 Å². The van der Waals surface area contributed by atoms with Gasteiger partial charge in [-0.3, -0.25) is 4.79 Å². The Bertz CT molecular complexity index is 612. The minimum atomic E-state index is -0.197. The highest BCUT2D eigenvalue weighted by Crippen LogP contribution is 2.16. The lowest BCUT2D eigenvalue weighted by atomic mass is 10.2. The highest BCUT2D eigenvalue weighted by atomic mass is 32.2. The van der Waals surface area contributed by atoms with Crippen LogP contribution >= 0.6 is 11.8 Å². The first-order valence-electron chi connectivity index (χ1n) is 7.31. The van der Waals surface area contributed by atoms with Crippen molar-refractivity contribution in [1.29, 1.82) is 0 Å². The highest BCUT2D eigenvalue weighted by Gasteiger charge is 2.14. The molecular weight excluding hydrogens is 296 g/mol. The van der Waals surface area contributed by atoms with Gasteiger partial charge >= 0.3 is 0 Å². The van der Waals surface area contributed by atoms with E-state index in [-0.39, 0.29) is 5.91 Å². The fraction of sp³-hybridized carbons (Fsp3) is 0.312. The summed E-state index contributed by atoms with van der Waals surface area (Å²) in [6.07, 6.45) is 0. The molecule has 3 rings (SSSR count). The van der Waals surface area contributed by atoms with E-state index < -0.39 is 0 Å². The van der Waals surface area contributed by atoms with Gasteiger partial charge in [0.15, 0.2) is 11.5 Å². The molecular formula is C16H18N4OS. The van der Waals surface area contributed by atoms with Crippen LogP contribution in [0.3, 0.4) is 0 Å². The van der Waals surface area contributed by atoms with Gasteiger partial charge in [0.05, 0.1) is 0 Å². The number of rotatable bonds is 4. The Morgan fingerprint density at radius 1 is 1.09 bits per heavy atom. The molecule has 2 heterocycles. The predicted octanol–water partition coefficient (Wildman–Crippen LogP) is 1.96. The van der Waals surface area contributed by atoms with E-state index in [0.29, 0.717) is 12.2 Å². The molecule has 6 heteroatoms. The van der Waals surface area contributed by atoms with Crippen molar-refractivity contribution in [3.63, 3.8) is 0 Å². The minimum Gasteiger partial charge on any atom is -0.353 e. The van der Waals surface area contributed by atoms with E-state index in [4.69, 9.17) is 0 Å². The van der Waals surface area contributed by atoms with Crippen LogP contribution in [-0.2, 0) is 6.54 Å². The van der Waals surface area contributed by atoms with Crippen LogP contribution in [0.5, 0.6) is 0 Å². The van der Waals surface area contributed by atoms with Crippen molar-refractivity contribution < 1.29 is 4.79 Å². The van der Waals surface area contributed by atoms with Gasteiger partial charge in [0.25, 0.3) is 5.91 Å². The first-order chi connectivity index (χ1) is 10.8. The van der Waals surface area contributed by atoms with Crippen molar-refractivity contribution in [1.82, 2.24) is 15.5 Å². The summed E-state index contributed by atoms with van der Waals surface area (Å²) in [6.45, 7) is 2.46. The second-order valence-electron chi connectivity index (χ2n) is 5.04. The molecule has 0 radical (unpaired) electrons. The van der Waals surface area contributed by atoms with E-state index in [1.54, 1.807) is 6.07 Å². The molecule has 0 unspecified atom stereocenters. The Labute approximate surface area is 134 Å². The maximum Gasteiger partial charge on any atom is 0.272 e. The minimum absolute atomic E-state index is 0.197. The van der Waals surface area contributed by atoms with E-state index in [0.717, 1.165) is 36.0 Å².